The fraction of sp³-hybridized carbons (Fsp3) is 0.812. The quantitative estimate of drug-likeness (QED) is 0.779. The van der Waals surface area contributed by atoms with Crippen LogP contribution in [-0.4, -0.2) is 18.1 Å². The SMILES string of the molecule is CCC(CC)c1nc(COC)c(CNC2CCCC2)s1. The zero-order valence-electron chi connectivity index (χ0n) is 13.1. The summed E-state index contributed by atoms with van der Waals surface area (Å²) in [5.41, 5.74) is 1.14. The molecule has 1 fully saturated rings. The number of nitrogens with one attached hydrogen (secondary N) is 1. The highest BCUT2D eigenvalue weighted by atomic mass is 32.1. The monoisotopic (exact) mass is 296 g/mol. The molecule has 0 saturated heterocycles. The molecule has 1 aromatic heterocycles. The van der Waals surface area contributed by atoms with Gasteiger partial charge in [0, 0.05) is 30.5 Å². The Bertz CT molecular complexity index is 395. The molecule has 1 aliphatic rings. The van der Waals surface area contributed by atoms with Gasteiger partial charge in [-0.25, -0.2) is 4.98 Å². The van der Waals surface area contributed by atoms with Crippen molar-refractivity contribution in [2.75, 3.05) is 7.11 Å². The van der Waals surface area contributed by atoms with Gasteiger partial charge in [0.1, 0.15) is 0 Å². The molecule has 0 radical (unpaired) electrons. The number of hydrogen-bond acceptors (Lipinski definition) is 4. The molecule has 1 saturated carbocycles. The molecule has 1 N–H and O–H groups in total. The van der Waals surface area contributed by atoms with Crippen molar-refractivity contribution in [2.24, 2.45) is 0 Å². The van der Waals surface area contributed by atoms with E-state index < -0.39 is 0 Å². The molecule has 3 nitrogen and oxygen atoms in total. The standard InChI is InChI=1S/C16H28N2OS/c1-4-12(5-2)16-18-14(11-19-3)15(20-16)10-17-13-8-6-7-9-13/h12-13,17H,4-11H2,1-3H3. The van der Waals surface area contributed by atoms with Crippen molar-refractivity contribution in [1.82, 2.24) is 10.3 Å². The van der Waals surface area contributed by atoms with Gasteiger partial charge in [-0.15, -0.1) is 11.3 Å². The normalized spacial score (nSPS) is 16.4. The summed E-state index contributed by atoms with van der Waals surface area (Å²) in [6.07, 6.45) is 7.77. The summed E-state index contributed by atoms with van der Waals surface area (Å²) in [6.45, 7) is 6.10. The summed E-state index contributed by atoms with van der Waals surface area (Å²) in [5, 5.41) is 5.00. The molecular weight excluding hydrogens is 268 g/mol. The van der Waals surface area contributed by atoms with E-state index in [0.717, 1.165) is 12.2 Å². The Morgan fingerprint density at radius 1 is 1.30 bits per heavy atom. The lowest BCUT2D eigenvalue weighted by atomic mass is 10.1. The van der Waals surface area contributed by atoms with Crippen LogP contribution in [0.25, 0.3) is 0 Å². The Hall–Kier alpha value is -0.450. The van der Waals surface area contributed by atoms with Crippen molar-refractivity contribution in [3.8, 4) is 0 Å². The maximum absolute atomic E-state index is 5.32. The van der Waals surface area contributed by atoms with Crippen molar-refractivity contribution in [3.05, 3.63) is 15.6 Å². The second kappa shape index (κ2) is 8.11. The van der Waals surface area contributed by atoms with Gasteiger partial charge < -0.3 is 10.1 Å². The van der Waals surface area contributed by atoms with E-state index in [1.807, 2.05) is 11.3 Å². The Kier molecular flexibility index (Phi) is 6.46. The van der Waals surface area contributed by atoms with E-state index >= 15 is 0 Å². The number of aromatic nitrogens is 1. The summed E-state index contributed by atoms with van der Waals surface area (Å²) < 4.78 is 5.32. The van der Waals surface area contributed by atoms with Gasteiger partial charge in [-0.3, -0.25) is 0 Å². The average molecular weight is 296 g/mol. The average Bonchev–Trinajstić information content (AvgIpc) is 3.08. The molecule has 0 atom stereocenters. The lowest BCUT2D eigenvalue weighted by Gasteiger charge is -2.11. The van der Waals surface area contributed by atoms with Crippen LogP contribution in [0, 0.1) is 0 Å². The molecule has 1 aliphatic carbocycles. The Morgan fingerprint density at radius 3 is 2.60 bits per heavy atom. The van der Waals surface area contributed by atoms with Crippen LogP contribution in [0.15, 0.2) is 0 Å². The molecule has 0 spiro atoms. The molecule has 1 aromatic rings. The third kappa shape index (κ3) is 4.03. The molecular formula is C16H28N2OS. The number of rotatable bonds is 8. The predicted molar refractivity (Wildman–Crippen MR) is 85.2 cm³/mol. The summed E-state index contributed by atoms with van der Waals surface area (Å²) in [4.78, 5) is 6.22. The van der Waals surface area contributed by atoms with Gasteiger partial charge in [-0.2, -0.15) is 0 Å². The number of nitrogens with zero attached hydrogens (tertiary/aromatic N) is 1. The van der Waals surface area contributed by atoms with Crippen LogP contribution < -0.4 is 5.32 Å². The Labute approximate surface area is 127 Å². The zero-order chi connectivity index (χ0) is 14.4. The van der Waals surface area contributed by atoms with Crippen LogP contribution in [0.1, 0.15) is 73.9 Å². The molecule has 0 bridgehead atoms. The van der Waals surface area contributed by atoms with Gasteiger partial charge in [0.25, 0.3) is 0 Å². The molecule has 0 aliphatic heterocycles. The van der Waals surface area contributed by atoms with E-state index in [4.69, 9.17) is 9.72 Å². The minimum atomic E-state index is 0.607. The Balaban J connectivity index is 2.04. The smallest absolute Gasteiger partial charge is 0.0963 e. The van der Waals surface area contributed by atoms with Crippen LogP contribution >= 0.6 is 11.3 Å². The first-order valence-corrected chi connectivity index (χ1v) is 8.80. The number of methoxy groups -OCH3 is 1. The van der Waals surface area contributed by atoms with Crippen molar-refractivity contribution in [1.29, 1.82) is 0 Å². The fourth-order valence-electron chi connectivity index (χ4n) is 2.97. The largest absolute Gasteiger partial charge is 0.378 e. The third-order valence-electron chi connectivity index (χ3n) is 4.32. The van der Waals surface area contributed by atoms with E-state index in [0.29, 0.717) is 18.6 Å². The van der Waals surface area contributed by atoms with Crippen LogP contribution in [0.5, 0.6) is 0 Å². The second-order valence-electron chi connectivity index (χ2n) is 5.73. The van der Waals surface area contributed by atoms with Crippen LogP contribution in [-0.2, 0) is 17.9 Å². The van der Waals surface area contributed by atoms with Crippen molar-refractivity contribution in [2.45, 2.75) is 77.5 Å². The number of ether oxygens (including phenoxy) is 1. The second-order valence-corrected chi connectivity index (χ2v) is 6.85. The minimum Gasteiger partial charge on any atom is -0.378 e. The van der Waals surface area contributed by atoms with Crippen LogP contribution in [0.4, 0.5) is 0 Å². The van der Waals surface area contributed by atoms with E-state index in [1.54, 1.807) is 7.11 Å². The zero-order valence-corrected chi connectivity index (χ0v) is 13.9. The molecule has 4 heteroatoms. The molecule has 1 heterocycles. The summed E-state index contributed by atoms with van der Waals surface area (Å²) in [6, 6.07) is 0.712. The number of thiazole rings is 1. The van der Waals surface area contributed by atoms with E-state index in [1.165, 1.54) is 48.4 Å². The fourth-order valence-corrected chi connectivity index (χ4v) is 4.26. The first kappa shape index (κ1) is 15.9. The van der Waals surface area contributed by atoms with Gasteiger partial charge in [-0.1, -0.05) is 26.7 Å². The maximum Gasteiger partial charge on any atom is 0.0963 e. The first-order valence-electron chi connectivity index (χ1n) is 7.99. The van der Waals surface area contributed by atoms with E-state index in [2.05, 4.69) is 19.2 Å². The summed E-state index contributed by atoms with van der Waals surface area (Å²) in [5.74, 6) is 0.607. The van der Waals surface area contributed by atoms with Gasteiger partial charge >= 0.3 is 0 Å². The van der Waals surface area contributed by atoms with Crippen molar-refractivity contribution >= 4 is 11.3 Å². The van der Waals surface area contributed by atoms with Crippen LogP contribution in [0.3, 0.4) is 0 Å². The minimum absolute atomic E-state index is 0.607. The van der Waals surface area contributed by atoms with Gasteiger partial charge in [0.15, 0.2) is 0 Å². The summed E-state index contributed by atoms with van der Waals surface area (Å²) >= 11 is 1.89. The molecule has 20 heavy (non-hydrogen) atoms. The lowest BCUT2D eigenvalue weighted by molar-refractivity contribution is 0.181. The topological polar surface area (TPSA) is 34.1 Å². The molecule has 114 valence electrons. The highest BCUT2D eigenvalue weighted by molar-refractivity contribution is 7.11. The van der Waals surface area contributed by atoms with E-state index in [9.17, 15) is 0 Å². The molecule has 0 aromatic carbocycles. The molecule has 0 amide bonds. The first-order chi connectivity index (χ1) is 9.78. The molecule has 2 rings (SSSR count). The van der Waals surface area contributed by atoms with Crippen molar-refractivity contribution < 1.29 is 4.74 Å². The maximum atomic E-state index is 5.32. The Morgan fingerprint density at radius 2 is 2.00 bits per heavy atom. The van der Waals surface area contributed by atoms with Gasteiger partial charge in [-0.05, 0) is 25.7 Å². The lowest BCUT2D eigenvalue weighted by Crippen LogP contribution is -2.25. The predicted octanol–water partition coefficient (Wildman–Crippen LogP) is 4.23. The van der Waals surface area contributed by atoms with Gasteiger partial charge in [0.05, 0.1) is 17.3 Å². The number of hydrogen-bond donors (Lipinski definition) is 1. The van der Waals surface area contributed by atoms with Crippen LogP contribution in [0.2, 0.25) is 0 Å². The van der Waals surface area contributed by atoms with Crippen molar-refractivity contribution in [3.63, 3.8) is 0 Å². The molecule has 0 unspecified atom stereocenters. The highest BCUT2D eigenvalue weighted by Gasteiger charge is 2.19. The third-order valence-corrected chi connectivity index (χ3v) is 5.58. The van der Waals surface area contributed by atoms with E-state index in [-0.39, 0.29) is 0 Å². The summed E-state index contributed by atoms with van der Waals surface area (Å²) in [7, 11) is 1.75. The highest BCUT2D eigenvalue weighted by Crippen LogP contribution is 2.30. The van der Waals surface area contributed by atoms with Gasteiger partial charge in [0.2, 0.25) is 0 Å².